The van der Waals surface area contributed by atoms with Crippen LogP contribution >= 0.6 is 0 Å². The number of carbonyl (C=O) groups excluding carboxylic acids is 1. The molecule has 1 aromatic heterocycles. The SMILES string of the molecule is COC(=O)CNCCc1ccc2oc(C)nc2c1. The normalized spacial score (nSPS) is 10.8. The van der Waals surface area contributed by atoms with Gasteiger partial charge in [-0.15, -0.1) is 0 Å². The number of hydrogen-bond acceptors (Lipinski definition) is 5. The van der Waals surface area contributed by atoms with Crippen LogP contribution in [0.15, 0.2) is 22.6 Å². The molecule has 1 aromatic carbocycles. The predicted octanol–water partition coefficient (Wildman–Crippen LogP) is 1.44. The molecule has 0 saturated heterocycles. The summed E-state index contributed by atoms with van der Waals surface area (Å²) in [5.74, 6) is 0.420. The number of nitrogens with one attached hydrogen (secondary N) is 1. The minimum absolute atomic E-state index is 0.238. The number of ether oxygens (including phenoxy) is 1. The molecule has 18 heavy (non-hydrogen) atoms. The van der Waals surface area contributed by atoms with E-state index in [4.69, 9.17) is 4.42 Å². The summed E-state index contributed by atoms with van der Waals surface area (Å²) in [6.07, 6.45) is 0.832. The minimum Gasteiger partial charge on any atom is -0.468 e. The summed E-state index contributed by atoms with van der Waals surface area (Å²) in [6.45, 7) is 2.79. The molecule has 0 spiro atoms. The van der Waals surface area contributed by atoms with Crippen LogP contribution in [0.4, 0.5) is 0 Å². The van der Waals surface area contributed by atoms with E-state index in [1.54, 1.807) is 0 Å². The molecule has 2 aromatic rings. The zero-order valence-electron chi connectivity index (χ0n) is 10.5. The quantitative estimate of drug-likeness (QED) is 0.640. The van der Waals surface area contributed by atoms with Crippen molar-refractivity contribution in [1.29, 1.82) is 0 Å². The van der Waals surface area contributed by atoms with E-state index in [0.29, 0.717) is 5.89 Å². The van der Waals surface area contributed by atoms with E-state index >= 15 is 0 Å². The first-order chi connectivity index (χ1) is 8.69. The largest absolute Gasteiger partial charge is 0.468 e. The zero-order chi connectivity index (χ0) is 13.0. The average Bonchev–Trinajstić information content (AvgIpc) is 2.73. The van der Waals surface area contributed by atoms with Gasteiger partial charge in [-0.2, -0.15) is 0 Å². The Kier molecular flexibility index (Phi) is 3.94. The van der Waals surface area contributed by atoms with Gasteiger partial charge in [-0.05, 0) is 30.7 Å². The minimum atomic E-state index is -0.252. The first-order valence-corrected chi connectivity index (χ1v) is 5.82. The number of hydrogen-bond donors (Lipinski definition) is 1. The van der Waals surface area contributed by atoms with Crippen LogP contribution < -0.4 is 5.32 Å². The molecule has 0 aliphatic carbocycles. The zero-order valence-corrected chi connectivity index (χ0v) is 10.5. The Morgan fingerprint density at radius 3 is 3.11 bits per heavy atom. The molecule has 1 N–H and O–H groups in total. The fourth-order valence-corrected chi connectivity index (χ4v) is 1.74. The fourth-order valence-electron chi connectivity index (χ4n) is 1.74. The lowest BCUT2D eigenvalue weighted by Gasteiger charge is -2.03. The van der Waals surface area contributed by atoms with Crippen molar-refractivity contribution in [3.63, 3.8) is 0 Å². The highest BCUT2D eigenvalue weighted by molar-refractivity contribution is 5.73. The van der Waals surface area contributed by atoms with Crippen LogP contribution in [0.3, 0.4) is 0 Å². The van der Waals surface area contributed by atoms with Gasteiger partial charge < -0.3 is 14.5 Å². The lowest BCUT2D eigenvalue weighted by Crippen LogP contribution is -2.25. The van der Waals surface area contributed by atoms with Gasteiger partial charge in [0, 0.05) is 6.92 Å². The number of rotatable bonds is 5. The molecule has 0 radical (unpaired) electrons. The molecule has 0 atom stereocenters. The van der Waals surface area contributed by atoms with E-state index in [-0.39, 0.29) is 12.5 Å². The van der Waals surface area contributed by atoms with Gasteiger partial charge in [0.1, 0.15) is 5.52 Å². The van der Waals surface area contributed by atoms with E-state index < -0.39 is 0 Å². The summed E-state index contributed by atoms with van der Waals surface area (Å²) < 4.78 is 9.95. The number of carbonyl (C=O) groups is 1. The number of methoxy groups -OCH3 is 1. The maximum absolute atomic E-state index is 10.9. The van der Waals surface area contributed by atoms with Crippen LogP contribution in [-0.4, -0.2) is 31.2 Å². The van der Waals surface area contributed by atoms with Crippen LogP contribution in [0.1, 0.15) is 11.5 Å². The number of benzene rings is 1. The Morgan fingerprint density at radius 1 is 1.50 bits per heavy atom. The van der Waals surface area contributed by atoms with Crippen molar-refractivity contribution in [3.8, 4) is 0 Å². The van der Waals surface area contributed by atoms with Crippen LogP contribution in [0.2, 0.25) is 0 Å². The molecule has 0 aliphatic heterocycles. The van der Waals surface area contributed by atoms with Gasteiger partial charge in [0.15, 0.2) is 11.5 Å². The van der Waals surface area contributed by atoms with Crippen molar-refractivity contribution in [2.75, 3.05) is 20.2 Å². The number of fused-ring (bicyclic) bond motifs is 1. The van der Waals surface area contributed by atoms with Crippen LogP contribution in [-0.2, 0) is 16.0 Å². The standard InChI is InChI=1S/C13H16N2O3/c1-9-15-11-7-10(3-4-12(11)18-9)5-6-14-8-13(16)17-2/h3-4,7,14H,5-6,8H2,1-2H3. The fraction of sp³-hybridized carbons (Fsp3) is 0.385. The number of aromatic nitrogens is 1. The second kappa shape index (κ2) is 5.64. The molecule has 5 heteroatoms. The molecule has 1 heterocycles. The van der Waals surface area contributed by atoms with Crippen molar-refractivity contribution in [3.05, 3.63) is 29.7 Å². The van der Waals surface area contributed by atoms with Gasteiger partial charge in [0.25, 0.3) is 0 Å². The summed E-state index contributed by atoms with van der Waals surface area (Å²) in [5, 5.41) is 3.02. The third kappa shape index (κ3) is 3.07. The molecule has 96 valence electrons. The lowest BCUT2D eigenvalue weighted by molar-refractivity contribution is -0.139. The Balaban J connectivity index is 1.89. The van der Waals surface area contributed by atoms with Gasteiger partial charge >= 0.3 is 5.97 Å². The van der Waals surface area contributed by atoms with Crippen LogP contribution in [0.5, 0.6) is 0 Å². The predicted molar refractivity (Wildman–Crippen MR) is 67.3 cm³/mol. The van der Waals surface area contributed by atoms with Crippen LogP contribution in [0, 0.1) is 6.92 Å². The second-order valence-corrected chi connectivity index (χ2v) is 4.04. The van der Waals surface area contributed by atoms with E-state index in [2.05, 4.69) is 15.0 Å². The average molecular weight is 248 g/mol. The third-order valence-electron chi connectivity index (χ3n) is 2.65. The Morgan fingerprint density at radius 2 is 2.33 bits per heavy atom. The van der Waals surface area contributed by atoms with Crippen molar-refractivity contribution in [2.24, 2.45) is 0 Å². The third-order valence-corrected chi connectivity index (χ3v) is 2.65. The highest BCUT2D eigenvalue weighted by atomic mass is 16.5. The lowest BCUT2D eigenvalue weighted by atomic mass is 10.1. The number of aryl methyl sites for hydroxylation is 1. The van der Waals surface area contributed by atoms with Gasteiger partial charge in [-0.25, -0.2) is 4.98 Å². The highest BCUT2D eigenvalue weighted by Gasteiger charge is 2.03. The topological polar surface area (TPSA) is 64.4 Å². The van der Waals surface area contributed by atoms with Gasteiger partial charge in [-0.3, -0.25) is 4.79 Å². The van der Waals surface area contributed by atoms with Crippen molar-refractivity contribution >= 4 is 17.1 Å². The molecule has 0 amide bonds. The molecular weight excluding hydrogens is 232 g/mol. The summed E-state index contributed by atoms with van der Waals surface area (Å²) in [6, 6.07) is 5.93. The molecule has 2 rings (SSSR count). The Hall–Kier alpha value is -1.88. The molecule has 5 nitrogen and oxygen atoms in total. The van der Waals surface area contributed by atoms with E-state index in [0.717, 1.165) is 29.6 Å². The van der Waals surface area contributed by atoms with Gasteiger partial charge in [0.2, 0.25) is 0 Å². The summed E-state index contributed by atoms with van der Waals surface area (Å²) in [4.78, 5) is 15.2. The monoisotopic (exact) mass is 248 g/mol. The summed E-state index contributed by atoms with van der Waals surface area (Å²) >= 11 is 0. The molecular formula is C13H16N2O3. The second-order valence-electron chi connectivity index (χ2n) is 4.04. The number of esters is 1. The maximum Gasteiger partial charge on any atom is 0.319 e. The molecule has 0 saturated carbocycles. The molecule has 0 bridgehead atoms. The molecule has 0 aliphatic rings. The van der Waals surface area contributed by atoms with Crippen molar-refractivity contribution in [2.45, 2.75) is 13.3 Å². The van der Waals surface area contributed by atoms with Crippen LogP contribution in [0.25, 0.3) is 11.1 Å². The number of nitrogens with zero attached hydrogens (tertiary/aromatic N) is 1. The van der Waals surface area contributed by atoms with Gasteiger partial charge in [-0.1, -0.05) is 6.07 Å². The van der Waals surface area contributed by atoms with E-state index in [1.807, 2.05) is 25.1 Å². The van der Waals surface area contributed by atoms with Crippen molar-refractivity contribution in [1.82, 2.24) is 10.3 Å². The first-order valence-electron chi connectivity index (χ1n) is 5.82. The Bertz CT molecular complexity index is 548. The maximum atomic E-state index is 10.9. The molecule has 0 unspecified atom stereocenters. The molecule has 0 fully saturated rings. The highest BCUT2D eigenvalue weighted by Crippen LogP contribution is 2.16. The summed E-state index contributed by atoms with van der Waals surface area (Å²) in [7, 11) is 1.38. The first kappa shape index (κ1) is 12.6. The van der Waals surface area contributed by atoms with Crippen molar-refractivity contribution < 1.29 is 13.9 Å². The smallest absolute Gasteiger partial charge is 0.319 e. The Labute approximate surface area is 105 Å². The van der Waals surface area contributed by atoms with E-state index in [9.17, 15) is 4.79 Å². The number of oxazole rings is 1. The van der Waals surface area contributed by atoms with E-state index in [1.165, 1.54) is 7.11 Å². The van der Waals surface area contributed by atoms with Gasteiger partial charge in [0.05, 0.1) is 13.7 Å². The summed E-state index contributed by atoms with van der Waals surface area (Å²) in [5.41, 5.74) is 2.84.